The number of hydrogen-bond acceptors (Lipinski definition) is 1. The Kier molecular flexibility index (Phi) is 4.23. The molecule has 0 radical (unpaired) electrons. The largest absolute Gasteiger partial charge is 0.303 e. The highest BCUT2D eigenvalue weighted by atomic mass is 16.1. The highest BCUT2D eigenvalue weighted by Crippen LogP contribution is 2.61. The van der Waals surface area contributed by atoms with Gasteiger partial charge in [-0.05, 0) is 78.9 Å². The monoisotopic (exact) mass is 304 g/mol. The lowest BCUT2D eigenvalue weighted by molar-refractivity contribution is -0.127. The zero-order valence-corrected chi connectivity index (χ0v) is 15.4. The fourth-order valence-corrected chi connectivity index (χ4v) is 6.92. The van der Waals surface area contributed by atoms with E-state index in [-0.39, 0.29) is 5.41 Å². The quantitative estimate of drug-likeness (QED) is 0.566. The van der Waals surface area contributed by atoms with Crippen LogP contribution in [0.4, 0.5) is 0 Å². The summed E-state index contributed by atoms with van der Waals surface area (Å²) >= 11 is 0. The molecule has 1 nitrogen and oxygen atoms in total. The SMILES string of the molecule is C[C@@H]1CCC(C=O)[C@@]2(C)CC[C@H]3[C@H](C)CC[C@@H](C[C@H]12)C3(C)C. The zero-order valence-electron chi connectivity index (χ0n) is 15.4. The predicted molar refractivity (Wildman–Crippen MR) is 92.6 cm³/mol. The Morgan fingerprint density at radius 3 is 2.18 bits per heavy atom. The Balaban J connectivity index is 1.96. The fourth-order valence-electron chi connectivity index (χ4n) is 6.92. The topological polar surface area (TPSA) is 17.1 Å². The van der Waals surface area contributed by atoms with Gasteiger partial charge in [0.05, 0.1) is 0 Å². The summed E-state index contributed by atoms with van der Waals surface area (Å²) in [5.74, 6) is 4.45. The average molecular weight is 305 g/mol. The van der Waals surface area contributed by atoms with Gasteiger partial charge in [0.15, 0.2) is 0 Å². The molecule has 0 saturated heterocycles. The molecule has 126 valence electrons. The first-order valence-corrected chi connectivity index (χ1v) is 9.76. The summed E-state index contributed by atoms with van der Waals surface area (Å²) < 4.78 is 0. The highest BCUT2D eigenvalue weighted by molar-refractivity contribution is 5.55. The van der Waals surface area contributed by atoms with Crippen molar-refractivity contribution in [3.8, 4) is 0 Å². The Labute approximate surface area is 137 Å². The van der Waals surface area contributed by atoms with Gasteiger partial charge in [-0.25, -0.2) is 0 Å². The van der Waals surface area contributed by atoms with Crippen molar-refractivity contribution in [1.82, 2.24) is 0 Å². The molecule has 0 aromatic rings. The van der Waals surface area contributed by atoms with Gasteiger partial charge in [0.25, 0.3) is 0 Å². The number of aldehydes is 1. The van der Waals surface area contributed by atoms with E-state index in [1.54, 1.807) is 0 Å². The molecule has 0 aromatic carbocycles. The molecule has 3 fully saturated rings. The third-order valence-corrected chi connectivity index (χ3v) is 8.68. The summed E-state index contributed by atoms with van der Waals surface area (Å²) in [6, 6.07) is 0. The van der Waals surface area contributed by atoms with E-state index in [0.29, 0.717) is 11.3 Å². The maximum Gasteiger partial charge on any atom is 0.123 e. The van der Waals surface area contributed by atoms with Crippen molar-refractivity contribution in [1.29, 1.82) is 0 Å². The van der Waals surface area contributed by atoms with Crippen LogP contribution in [-0.2, 0) is 4.79 Å². The van der Waals surface area contributed by atoms with Crippen molar-refractivity contribution in [3.05, 3.63) is 0 Å². The molecule has 0 spiro atoms. The summed E-state index contributed by atoms with van der Waals surface area (Å²) in [6.07, 6.45) is 10.5. The van der Waals surface area contributed by atoms with Crippen molar-refractivity contribution in [3.63, 3.8) is 0 Å². The van der Waals surface area contributed by atoms with Gasteiger partial charge in [0.1, 0.15) is 6.29 Å². The minimum absolute atomic E-state index is 0.267. The second-order valence-corrected chi connectivity index (χ2v) is 9.86. The van der Waals surface area contributed by atoms with Crippen molar-refractivity contribution in [2.75, 3.05) is 0 Å². The summed E-state index contributed by atoms with van der Waals surface area (Å²) in [6.45, 7) is 12.5. The van der Waals surface area contributed by atoms with E-state index >= 15 is 0 Å². The molecule has 0 aromatic heterocycles. The lowest BCUT2D eigenvalue weighted by atomic mass is 9.47. The molecule has 2 bridgehead atoms. The van der Waals surface area contributed by atoms with Crippen LogP contribution in [0.2, 0.25) is 0 Å². The predicted octanol–water partition coefficient (Wildman–Crippen LogP) is 5.73. The normalized spacial score (nSPS) is 51.3. The maximum absolute atomic E-state index is 11.8. The molecule has 3 saturated carbocycles. The minimum atomic E-state index is 0.267. The second kappa shape index (κ2) is 5.64. The first kappa shape index (κ1) is 16.5. The highest BCUT2D eigenvalue weighted by Gasteiger charge is 2.53. The Morgan fingerprint density at radius 2 is 1.50 bits per heavy atom. The molecule has 1 heteroatoms. The number of carbonyl (C=O) groups is 1. The molecule has 3 aliphatic rings. The zero-order chi connectivity index (χ0) is 16.1. The van der Waals surface area contributed by atoms with Crippen LogP contribution in [0, 0.1) is 46.3 Å². The molecule has 0 amide bonds. The average Bonchev–Trinajstić information content (AvgIpc) is 2.44. The van der Waals surface area contributed by atoms with Gasteiger partial charge in [0, 0.05) is 5.92 Å². The Bertz CT molecular complexity index is 426. The van der Waals surface area contributed by atoms with Gasteiger partial charge in [0.2, 0.25) is 0 Å². The third-order valence-electron chi connectivity index (χ3n) is 8.68. The Morgan fingerprint density at radius 1 is 0.864 bits per heavy atom. The minimum Gasteiger partial charge on any atom is -0.303 e. The molecule has 3 aliphatic carbocycles. The van der Waals surface area contributed by atoms with Crippen LogP contribution in [-0.4, -0.2) is 6.29 Å². The van der Waals surface area contributed by atoms with E-state index in [4.69, 9.17) is 0 Å². The lowest BCUT2D eigenvalue weighted by Gasteiger charge is -2.58. The van der Waals surface area contributed by atoms with Crippen LogP contribution in [0.3, 0.4) is 0 Å². The van der Waals surface area contributed by atoms with E-state index < -0.39 is 0 Å². The summed E-state index contributed by atoms with van der Waals surface area (Å²) in [5, 5.41) is 0. The standard InChI is InChI=1S/C21H36O/c1-14-6-8-16-12-19-15(2)7-9-17(13-22)21(19,5)11-10-18(14)20(16,3)4/h13-19H,6-12H2,1-5H3/t14-,15-,16+,17?,18+,19-,21-/m1/s1. The third kappa shape index (κ3) is 2.38. The van der Waals surface area contributed by atoms with Crippen LogP contribution in [0.1, 0.15) is 79.6 Å². The number of carbonyl (C=O) groups excluding carboxylic acids is 1. The summed E-state index contributed by atoms with van der Waals surface area (Å²) in [7, 11) is 0. The second-order valence-electron chi connectivity index (χ2n) is 9.86. The van der Waals surface area contributed by atoms with Gasteiger partial charge in [-0.3, -0.25) is 0 Å². The van der Waals surface area contributed by atoms with Crippen LogP contribution in [0.15, 0.2) is 0 Å². The first-order chi connectivity index (χ1) is 10.3. The molecule has 1 unspecified atom stereocenters. The van der Waals surface area contributed by atoms with E-state index in [9.17, 15) is 4.79 Å². The molecule has 7 atom stereocenters. The van der Waals surface area contributed by atoms with Gasteiger partial charge in [-0.15, -0.1) is 0 Å². The van der Waals surface area contributed by atoms with Crippen LogP contribution in [0.25, 0.3) is 0 Å². The molecular weight excluding hydrogens is 268 g/mol. The molecule has 22 heavy (non-hydrogen) atoms. The fraction of sp³-hybridized carbons (Fsp3) is 0.952. The summed E-state index contributed by atoms with van der Waals surface area (Å²) in [4.78, 5) is 11.8. The molecule has 3 rings (SSSR count). The van der Waals surface area contributed by atoms with Gasteiger partial charge in [-0.1, -0.05) is 41.0 Å². The molecular formula is C21H36O. The first-order valence-electron chi connectivity index (χ1n) is 9.76. The Hall–Kier alpha value is -0.330. The van der Waals surface area contributed by atoms with Crippen molar-refractivity contribution in [2.45, 2.75) is 79.6 Å². The smallest absolute Gasteiger partial charge is 0.123 e. The van der Waals surface area contributed by atoms with Gasteiger partial charge in [-0.2, -0.15) is 0 Å². The molecule has 0 N–H and O–H groups in total. The van der Waals surface area contributed by atoms with E-state index in [1.165, 1.54) is 44.8 Å². The van der Waals surface area contributed by atoms with E-state index in [1.807, 2.05) is 0 Å². The number of rotatable bonds is 1. The summed E-state index contributed by atoms with van der Waals surface area (Å²) in [5.41, 5.74) is 0.760. The van der Waals surface area contributed by atoms with Gasteiger partial charge < -0.3 is 4.79 Å². The van der Waals surface area contributed by atoms with Crippen molar-refractivity contribution in [2.24, 2.45) is 46.3 Å². The van der Waals surface area contributed by atoms with Crippen LogP contribution < -0.4 is 0 Å². The number of fused-ring (bicyclic) bond motifs is 3. The van der Waals surface area contributed by atoms with Crippen LogP contribution >= 0.6 is 0 Å². The molecule has 0 aliphatic heterocycles. The van der Waals surface area contributed by atoms with Crippen molar-refractivity contribution < 1.29 is 4.79 Å². The number of hydrogen-bond donors (Lipinski definition) is 0. The van der Waals surface area contributed by atoms with E-state index in [0.717, 1.165) is 36.0 Å². The lowest BCUT2D eigenvalue weighted by Crippen LogP contribution is -2.51. The maximum atomic E-state index is 11.8. The van der Waals surface area contributed by atoms with Crippen LogP contribution in [0.5, 0.6) is 0 Å². The molecule has 0 heterocycles. The van der Waals surface area contributed by atoms with Gasteiger partial charge >= 0.3 is 0 Å². The van der Waals surface area contributed by atoms with E-state index in [2.05, 4.69) is 34.6 Å². The van der Waals surface area contributed by atoms with Crippen molar-refractivity contribution >= 4 is 6.29 Å².